The molecule has 8 nitrogen and oxygen atoms in total. The number of guanidine groups is 1. The van der Waals surface area contributed by atoms with Gasteiger partial charge in [-0.2, -0.15) is 13.2 Å². The van der Waals surface area contributed by atoms with Crippen molar-refractivity contribution < 1.29 is 17.9 Å². The number of nitrogens with zero attached hydrogens (tertiary/aromatic N) is 5. The van der Waals surface area contributed by atoms with Gasteiger partial charge < -0.3 is 19.9 Å². The summed E-state index contributed by atoms with van der Waals surface area (Å²) in [5, 5.41) is 13.8. The molecule has 27 heavy (non-hydrogen) atoms. The highest BCUT2D eigenvalue weighted by molar-refractivity contribution is 5.79. The summed E-state index contributed by atoms with van der Waals surface area (Å²) >= 11 is 0. The number of hydrogen-bond acceptors (Lipinski definition) is 5. The third-order valence-electron chi connectivity index (χ3n) is 4.31. The van der Waals surface area contributed by atoms with Gasteiger partial charge in [0.15, 0.2) is 11.8 Å². The van der Waals surface area contributed by atoms with Gasteiger partial charge in [0.1, 0.15) is 12.4 Å². The van der Waals surface area contributed by atoms with E-state index in [4.69, 9.17) is 4.74 Å². The molecule has 0 spiro atoms. The average Bonchev–Trinajstić information content (AvgIpc) is 2.94. The molecule has 0 radical (unpaired) electrons. The van der Waals surface area contributed by atoms with E-state index in [2.05, 4.69) is 30.7 Å². The Morgan fingerprint density at radius 3 is 2.52 bits per heavy atom. The zero-order valence-electron chi connectivity index (χ0n) is 15.8. The maximum absolute atomic E-state index is 12.4. The first kappa shape index (κ1) is 21.4. The maximum Gasteiger partial charge on any atom is 0.390 e. The van der Waals surface area contributed by atoms with Crippen LogP contribution in [0.15, 0.2) is 4.99 Å². The number of aryl methyl sites for hydroxylation is 1. The van der Waals surface area contributed by atoms with Crippen LogP contribution in [-0.4, -0.2) is 77.7 Å². The van der Waals surface area contributed by atoms with Gasteiger partial charge in [0.2, 0.25) is 0 Å². The van der Waals surface area contributed by atoms with Crippen LogP contribution in [0.2, 0.25) is 0 Å². The average molecular weight is 391 g/mol. The molecule has 1 aromatic heterocycles. The second-order valence-electron chi connectivity index (χ2n) is 6.41. The van der Waals surface area contributed by atoms with Gasteiger partial charge in [-0.3, -0.25) is 4.90 Å². The molecule has 1 saturated heterocycles. The lowest BCUT2D eigenvalue weighted by Crippen LogP contribution is -2.41. The third-order valence-corrected chi connectivity index (χ3v) is 4.31. The number of nitrogens with one attached hydrogen (secondary N) is 2. The van der Waals surface area contributed by atoms with Gasteiger partial charge in [-0.1, -0.05) is 0 Å². The quantitative estimate of drug-likeness (QED) is 0.388. The largest absolute Gasteiger partial charge is 0.390 e. The Balaban J connectivity index is 1.82. The Bertz CT molecular complexity index is 597. The molecule has 1 aliphatic rings. The summed E-state index contributed by atoms with van der Waals surface area (Å²) in [7, 11) is 1.83. The van der Waals surface area contributed by atoms with Crippen molar-refractivity contribution in [3.05, 3.63) is 11.6 Å². The molecule has 11 heteroatoms. The number of aliphatic imine (C=N–C) groups is 1. The molecule has 0 aliphatic carbocycles. The molecular formula is C16H28F3N7O. The fourth-order valence-corrected chi connectivity index (χ4v) is 2.57. The highest BCUT2D eigenvalue weighted by Gasteiger charge is 2.26. The second kappa shape index (κ2) is 10.5. The van der Waals surface area contributed by atoms with Crippen molar-refractivity contribution in [1.29, 1.82) is 0 Å². The van der Waals surface area contributed by atoms with Crippen LogP contribution in [0.1, 0.15) is 24.5 Å². The Labute approximate surface area is 157 Å². The molecular weight excluding hydrogens is 363 g/mol. The van der Waals surface area contributed by atoms with Crippen LogP contribution in [0.4, 0.5) is 13.2 Å². The summed E-state index contributed by atoms with van der Waals surface area (Å²) in [5.74, 6) is 1.75. The van der Waals surface area contributed by atoms with Gasteiger partial charge >= 0.3 is 6.18 Å². The SMILES string of the molecule is Cc1nnc(CN=C(NCCCN2CCOCC2)NCCC(F)(F)F)n1C. The van der Waals surface area contributed by atoms with E-state index in [1.165, 1.54) is 0 Å². The van der Waals surface area contributed by atoms with Crippen LogP contribution in [0.25, 0.3) is 0 Å². The van der Waals surface area contributed by atoms with E-state index in [1.807, 2.05) is 14.0 Å². The van der Waals surface area contributed by atoms with E-state index >= 15 is 0 Å². The van der Waals surface area contributed by atoms with E-state index in [0.29, 0.717) is 18.3 Å². The number of hydrogen-bond donors (Lipinski definition) is 2. The Hall–Kier alpha value is -1.88. The van der Waals surface area contributed by atoms with Crippen LogP contribution in [0.3, 0.4) is 0 Å². The number of halogens is 3. The lowest BCUT2D eigenvalue weighted by molar-refractivity contribution is -0.132. The van der Waals surface area contributed by atoms with Crippen molar-refractivity contribution in [2.75, 3.05) is 45.9 Å². The van der Waals surface area contributed by atoms with Crippen LogP contribution >= 0.6 is 0 Å². The first-order chi connectivity index (χ1) is 12.8. The molecule has 0 atom stereocenters. The molecule has 0 unspecified atom stereocenters. The van der Waals surface area contributed by atoms with Gasteiger partial charge in [-0.25, -0.2) is 4.99 Å². The smallest absolute Gasteiger partial charge is 0.379 e. The maximum atomic E-state index is 12.4. The minimum Gasteiger partial charge on any atom is -0.379 e. The highest BCUT2D eigenvalue weighted by Crippen LogP contribution is 2.18. The molecule has 2 rings (SSSR count). The summed E-state index contributed by atoms with van der Waals surface area (Å²) in [6, 6.07) is 0. The van der Waals surface area contributed by atoms with E-state index < -0.39 is 12.6 Å². The molecule has 154 valence electrons. The van der Waals surface area contributed by atoms with Crippen LogP contribution in [0, 0.1) is 6.92 Å². The minimum atomic E-state index is -4.20. The molecule has 0 aromatic carbocycles. The number of alkyl halides is 3. The minimum absolute atomic E-state index is 0.226. The first-order valence-electron chi connectivity index (χ1n) is 9.09. The topological polar surface area (TPSA) is 79.6 Å². The second-order valence-corrected chi connectivity index (χ2v) is 6.41. The summed E-state index contributed by atoms with van der Waals surface area (Å²) in [6.45, 7) is 6.69. The van der Waals surface area contributed by atoms with Gasteiger partial charge in [0.05, 0.1) is 19.6 Å². The third kappa shape index (κ3) is 8.12. The van der Waals surface area contributed by atoms with E-state index in [0.717, 1.165) is 45.1 Å². The van der Waals surface area contributed by atoms with E-state index in [1.54, 1.807) is 4.57 Å². The lowest BCUT2D eigenvalue weighted by atomic mass is 10.3. The van der Waals surface area contributed by atoms with Crippen molar-refractivity contribution >= 4 is 5.96 Å². The zero-order chi connectivity index (χ0) is 19.7. The first-order valence-corrected chi connectivity index (χ1v) is 9.09. The van der Waals surface area contributed by atoms with Gasteiger partial charge in [0, 0.05) is 33.2 Å². The standard InChI is InChI=1S/C16H28F3N7O/c1-13-23-24-14(25(13)2)12-22-15(21-6-4-16(17,18)19)20-5-3-7-26-8-10-27-11-9-26/h3-12H2,1-2H3,(H2,20,21,22). The normalized spacial score (nSPS) is 16.6. The number of aromatic nitrogens is 3. The number of ether oxygens (including phenoxy) is 1. The molecule has 2 heterocycles. The predicted molar refractivity (Wildman–Crippen MR) is 95.4 cm³/mol. The summed E-state index contributed by atoms with van der Waals surface area (Å²) < 4.78 is 44.3. The van der Waals surface area contributed by atoms with Crippen molar-refractivity contribution in [3.8, 4) is 0 Å². The Morgan fingerprint density at radius 2 is 1.89 bits per heavy atom. The molecule has 1 aliphatic heterocycles. The molecule has 1 fully saturated rings. The van der Waals surface area contributed by atoms with Crippen molar-refractivity contribution in [2.45, 2.75) is 32.5 Å². The fraction of sp³-hybridized carbons (Fsp3) is 0.812. The van der Waals surface area contributed by atoms with Crippen LogP contribution < -0.4 is 10.6 Å². The monoisotopic (exact) mass is 391 g/mol. The molecule has 0 saturated carbocycles. The Kier molecular flexibility index (Phi) is 8.29. The highest BCUT2D eigenvalue weighted by atomic mass is 19.4. The zero-order valence-corrected chi connectivity index (χ0v) is 15.8. The Morgan fingerprint density at radius 1 is 1.19 bits per heavy atom. The van der Waals surface area contributed by atoms with Gasteiger partial charge in [0.25, 0.3) is 0 Å². The van der Waals surface area contributed by atoms with Crippen LogP contribution in [-0.2, 0) is 18.3 Å². The van der Waals surface area contributed by atoms with Crippen molar-refractivity contribution in [3.63, 3.8) is 0 Å². The predicted octanol–water partition coefficient (Wildman–Crippen LogP) is 0.833. The number of rotatable bonds is 8. The lowest BCUT2D eigenvalue weighted by Gasteiger charge is -2.26. The van der Waals surface area contributed by atoms with E-state index in [-0.39, 0.29) is 13.1 Å². The number of morpholine rings is 1. The molecule has 2 N–H and O–H groups in total. The van der Waals surface area contributed by atoms with Crippen molar-refractivity contribution in [1.82, 2.24) is 30.3 Å². The van der Waals surface area contributed by atoms with Crippen LogP contribution in [0.5, 0.6) is 0 Å². The molecule has 0 bridgehead atoms. The fourth-order valence-electron chi connectivity index (χ4n) is 2.57. The van der Waals surface area contributed by atoms with E-state index in [9.17, 15) is 13.2 Å². The van der Waals surface area contributed by atoms with Gasteiger partial charge in [-0.05, 0) is 19.9 Å². The van der Waals surface area contributed by atoms with Crippen molar-refractivity contribution in [2.24, 2.45) is 12.0 Å². The molecule has 0 amide bonds. The summed E-state index contributed by atoms with van der Waals surface area (Å²) in [5.41, 5.74) is 0. The summed E-state index contributed by atoms with van der Waals surface area (Å²) in [6.07, 6.45) is -4.25. The van der Waals surface area contributed by atoms with Gasteiger partial charge in [-0.15, -0.1) is 10.2 Å². The molecule has 1 aromatic rings. The summed E-state index contributed by atoms with van der Waals surface area (Å²) in [4.78, 5) is 6.65.